The van der Waals surface area contributed by atoms with Gasteiger partial charge in [-0.3, -0.25) is 9.47 Å². The molecule has 0 atom stereocenters. The Morgan fingerprint density at radius 3 is 2.50 bits per heavy atom. The van der Waals surface area contributed by atoms with Crippen LogP contribution in [0.15, 0.2) is 28.8 Å². The van der Waals surface area contributed by atoms with Gasteiger partial charge in [-0.25, -0.2) is 4.79 Å². The van der Waals surface area contributed by atoms with E-state index >= 15 is 0 Å². The first-order valence-corrected chi connectivity index (χ1v) is 12.2. The molecule has 3 heterocycles. The van der Waals surface area contributed by atoms with E-state index in [4.69, 9.17) is 20.9 Å². The fourth-order valence-electron chi connectivity index (χ4n) is 4.97. The van der Waals surface area contributed by atoms with Gasteiger partial charge in [0.2, 0.25) is 0 Å². The first-order valence-electron chi connectivity index (χ1n) is 11.8. The fourth-order valence-corrected chi connectivity index (χ4v) is 5.17. The molecule has 5 rings (SSSR count). The van der Waals surface area contributed by atoms with Crippen molar-refractivity contribution in [3.8, 4) is 5.69 Å². The number of hydrogen-bond donors (Lipinski definition) is 0. The van der Waals surface area contributed by atoms with Crippen molar-refractivity contribution in [2.75, 3.05) is 0 Å². The van der Waals surface area contributed by atoms with Crippen molar-refractivity contribution >= 4 is 17.7 Å². The first kappa shape index (κ1) is 22.9. The SMILES string of the molecule is Cc1cc(C2CCC(c3nnc4n3-c3ccc(Cl)cc3CN(C(=O)OC(C)(C)C)C4)CC2)no1. The normalized spacial score (nSPS) is 20.4. The Morgan fingerprint density at radius 2 is 1.82 bits per heavy atom. The van der Waals surface area contributed by atoms with Crippen LogP contribution in [0.5, 0.6) is 0 Å². The molecule has 0 radical (unpaired) electrons. The second-order valence-electron chi connectivity index (χ2n) is 10.3. The van der Waals surface area contributed by atoms with Gasteiger partial charge < -0.3 is 9.26 Å². The highest BCUT2D eigenvalue weighted by Gasteiger charge is 2.33. The smallest absolute Gasteiger partial charge is 0.411 e. The van der Waals surface area contributed by atoms with Gasteiger partial charge >= 0.3 is 6.09 Å². The maximum atomic E-state index is 13.0. The number of carbonyl (C=O) groups is 1. The lowest BCUT2D eigenvalue weighted by molar-refractivity contribution is 0.0214. The summed E-state index contributed by atoms with van der Waals surface area (Å²) in [6.45, 7) is 8.24. The van der Waals surface area contributed by atoms with E-state index < -0.39 is 5.60 Å². The minimum absolute atomic E-state index is 0.280. The first-order chi connectivity index (χ1) is 16.2. The van der Waals surface area contributed by atoms with Crippen LogP contribution < -0.4 is 0 Å². The molecule has 34 heavy (non-hydrogen) atoms. The van der Waals surface area contributed by atoms with E-state index in [-0.39, 0.29) is 12.0 Å². The highest BCUT2D eigenvalue weighted by atomic mass is 35.5. The van der Waals surface area contributed by atoms with E-state index in [1.54, 1.807) is 4.90 Å². The molecule has 1 fully saturated rings. The molecule has 0 N–H and O–H groups in total. The van der Waals surface area contributed by atoms with E-state index in [1.807, 2.05) is 52.0 Å². The van der Waals surface area contributed by atoms with Crippen LogP contribution in [0, 0.1) is 6.92 Å². The zero-order chi connectivity index (χ0) is 24.0. The molecule has 1 amide bonds. The van der Waals surface area contributed by atoms with Crippen LogP contribution in [0.3, 0.4) is 0 Å². The van der Waals surface area contributed by atoms with E-state index in [0.29, 0.717) is 24.0 Å². The summed E-state index contributed by atoms with van der Waals surface area (Å²) < 4.78 is 13.1. The van der Waals surface area contributed by atoms with Crippen LogP contribution in [0.4, 0.5) is 4.79 Å². The maximum Gasteiger partial charge on any atom is 0.411 e. The van der Waals surface area contributed by atoms with E-state index in [0.717, 1.165) is 60.0 Å². The molecule has 2 aromatic heterocycles. The van der Waals surface area contributed by atoms with Gasteiger partial charge in [-0.15, -0.1) is 10.2 Å². The number of benzene rings is 1. The fraction of sp³-hybridized carbons (Fsp3) is 0.520. The largest absolute Gasteiger partial charge is 0.444 e. The number of rotatable bonds is 2. The van der Waals surface area contributed by atoms with Crippen molar-refractivity contribution in [3.05, 3.63) is 58.0 Å². The predicted octanol–water partition coefficient (Wildman–Crippen LogP) is 5.91. The summed E-state index contributed by atoms with van der Waals surface area (Å²) in [6.07, 6.45) is 3.66. The summed E-state index contributed by atoms with van der Waals surface area (Å²) in [4.78, 5) is 14.6. The van der Waals surface area contributed by atoms with Gasteiger partial charge in [-0.1, -0.05) is 16.8 Å². The van der Waals surface area contributed by atoms with Crippen molar-refractivity contribution in [2.45, 2.75) is 83.9 Å². The van der Waals surface area contributed by atoms with Gasteiger partial charge in [-0.2, -0.15) is 0 Å². The van der Waals surface area contributed by atoms with Crippen molar-refractivity contribution in [1.29, 1.82) is 0 Å². The maximum absolute atomic E-state index is 13.0. The molecular formula is C25H30ClN5O3. The van der Waals surface area contributed by atoms with Crippen molar-refractivity contribution in [2.24, 2.45) is 0 Å². The number of hydrogen-bond acceptors (Lipinski definition) is 6. The van der Waals surface area contributed by atoms with Gasteiger partial charge in [-0.05, 0) is 77.1 Å². The molecule has 1 aromatic carbocycles. The minimum Gasteiger partial charge on any atom is -0.444 e. The molecule has 8 nitrogen and oxygen atoms in total. The average molecular weight is 484 g/mol. The standard InChI is InChI=1S/C25H30ClN5O3/c1-15-11-20(29-34-15)16-5-7-17(8-6-16)23-28-27-22-14-30(24(32)33-25(2,3)4)13-18-12-19(26)9-10-21(18)31(22)23/h9-12,16-17H,5-8,13-14H2,1-4H3. The van der Waals surface area contributed by atoms with E-state index in [2.05, 4.69) is 19.9 Å². The summed E-state index contributed by atoms with van der Waals surface area (Å²) in [5, 5.41) is 14.0. The van der Waals surface area contributed by atoms with Crippen LogP contribution in [-0.2, 0) is 17.8 Å². The molecule has 9 heteroatoms. The number of halogens is 1. The summed E-state index contributed by atoms with van der Waals surface area (Å²) in [5.74, 6) is 3.22. The van der Waals surface area contributed by atoms with Gasteiger partial charge in [0, 0.05) is 22.9 Å². The number of nitrogens with zero attached hydrogens (tertiary/aromatic N) is 5. The Bertz CT molecular complexity index is 1200. The monoisotopic (exact) mass is 483 g/mol. The number of fused-ring (bicyclic) bond motifs is 3. The molecular weight excluding hydrogens is 454 g/mol. The molecule has 0 saturated heterocycles. The van der Waals surface area contributed by atoms with Crippen LogP contribution in [0.2, 0.25) is 5.02 Å². The molecule has 3 aromatic rings. The Labute approximate surface area is 204 Å². The second-order valence-corrected chi connectivity index (χ2v) is 10.8. The lowest BCUT2D eigenvalue weighted by Crippen LogP contribution is -2.35. The summed E-state index contributed by atoms with van der Waals surface area (Å²) >= 11 is 6.34. The summed E-state index contributed by atoms with van der Waals surface area (Å²) in [6, 6.07) is 7.83. The van der Waals surface area contributed by atoms with Gasteiger partial charge in [0.05, 0.1) is 24.5 Å². The number of ether oxygens (including phenoxy) is 1. The Balaban J connectivity index is 1.44. The zero-order valence-corrected chi connectivity index (χ0v) is 20.8. The third-order valence-corrected chi connectivity index (χ3v) is 6.77. The van der Waals surface area contributed by atoms with Crippen molar-refractivity contribution in [3.63, 3.8) is 0 Å². The van der Waals surface area contributed by atoms with E-state index in [1.165, 1.54) is 0 Å². The van der Waals surface area contributed by atoms with Gasteiger partial charge in [0.1, 0.15) is 17.2 Å². The molecule has 0 spiro atoms. The second kappa shape index (κ2) is 8.73. The molecule has 1 saturated carbocycles. The molecule has 0 bridgehead atoms. The number of aryl methyl sites for hydroxylation is 1. The lowest BCUT2D eigenvalue weighted by atomic mass is 9.80. The minimum atomic E-state index is -0.583. The van der Waals surface area contributed by atoms with E-state index in [9.17, 15) is 4.79 Å². The third kappa shape index (κ3) is 4.56. The highest BCUT2D eigenvalue weighted by Crippen LogP contribution is 2.41. The number of carbonyl (C=O) groups excluding carboxylic acids is 1. The summed E-state index contributed by atoms with van der Waals surface area (Å²) in [7, 11) is 0. The Morgan fingerprint density at radius 1 is 1.09 bits per heavy atom. The average Bonchev–Trinajstić information content (AvgIpc) is 3.35. The molecule has 1 aliphatic heterocycles. The Kier molecular flexibility index (Phi) is 5.88. The molecule has 0 unspecified atom stereocenters. The number of amides is 1. The summed E-state index contributed by atoms with van der Waals surface area (Å²) in [5.41, 5.74) is 2.38. The topological polar surface area (TPSA) is 86.3 Å². The predicted molar refractivity (Wildman–Crippen MR) is 127 cm³/mol. The zero-order valence-electron chi connectivity index (χ0n) is 20.0. The molecule has 1 aliphatic carbocycles. The Hall–Kier alpha value is -2.87. The highest BCUT2D eigenvalue weighted by molar-refractivity contribution is 6.30. The van der Waals surface area contributed by atoms with Crippen LogP contribution in [0.25, 0.3) is 5.69 Å². The van der Waals surface area contributed by atoms with Crippen molar-refractivity contribution in [1.82, 2.24) is 24.8 Å². The molecule has 2 aliphatic rings. The quantitative estimate of drug-likeness (QED) is 0.450. The number of aromatic nitrogens is 4. The third-order valence-electron chi connectivity index (χ3n) is 6.54. The van der Waals surface area contributed by atoms with Crippen LogP contribution in [-0.4, -0.2) is 36.5 Å². The van der Waals surface area contributed by atoms with Crippen molar-refractivity contribution < 1.29 is 14.1 Å². The lowest BCUT2D eigenvalue weighted by Gasteiger charge is -2.27. The van der Waals surface area contributed by atoms with Crippen LogP contribution in [0.1, 0.15) is 87.0 Å². The van der Waals surface area contributed by atoms with Gasteiger partial charge in [0.25, 0.3) is 0 Å². The van der Waals surface area contributed by atoms with Gasteiger partial charge in [0.15, 0.2) is 5.82 Å². The molecule has 180 valence electrons. The van der Waals surface area contributed by atoms with Crippen LogP contribution >= 0.6 is 11.6 Å².